The van der Waals surface area contributed by atoms with E-state index in [4.69, 9.17) is 3.74 Å². The van der Waals surface area contributed by atoms with Crippen LogP contribution in [0.25, 0.3) is 4.91 Å². The van der Waals surface area contributed by atoms with Gasteiger partial charge in [-0.3, -0.25) is 0 Å². The van der Waals surface area contributed by atoms with Gasteiger partial charge in [-0.25, -0.2) is 0 Å². The normalized spacial score (nSPS) is 16.8. The van der Waals surface area contributed by atoms with Crippen LogP contribution in [-0.4, -0.2) is 4.86 Å². The quantitative estimate of drug-likeness (QED) is 0.554. The summed E-state index contributed by atoms with van der Waals surface area (Å²) in [4.78, 5) is 1.32. The van der Waals surface area contributed by atoms with Gasteiger partial charge >= 0.3 is 0 Å². The molecule has 0 fully saturated rings. The Kier molecular flexibility index (Phi) is 6.29. The van der Waals surface area contributed by atoms with Crippen molar-refractivity contribution in [1.29, 1.82) is 0 Å². The molecule has 0 saturated heterocycles. The van der Waals surface area contributed by atoms with E-state index in [1.807, 2.05) is 103 Å². The number of halogens is 1. The van der Waals surface area contributed by atoms with E-state index in [0.717, 1.165) is 22.3 Å². The predicted octanol–water partition coefficient (Wildman–Crippen LogP) is 2.53. The molecule has 1 heterocycles. The standard InChI is InChI=1S/C24H19ClO4S/c26-25(27,28)29-30-23(21-12-6-2-7-13-21)17-20(16-19-10-4-1-5-11-19)18-24(30)22-14-8-3-9-15-22/h1-15,17-18H,16H2. The summed E-state index contributed by atoms with van der Waals surface area (Å²) in [6.45, 7) is 0. The topological polar surface area (TPSA) is 78.4 Å². The van der Waals surface area contributed by atoms with Gasteiger partial charge in [0, 0.05) is 0 Å². The molecule has 0 aromatic heterocycles. The van der Waals surface area contributed by atoms with Gasteiger partial charge in [-0.1, -0.05) is 91.0 Å². The van der Waals surface area contributed by atoms with Crippen molar-refractivity contribution in [2.24, 2.45) is 0 Å². The number of hydrogen-bond donors (Lipinski definition) is 0. The Balaban J connectivity index is 1.89. The van der Waals surface area contributed by atoms with Crippen LogP contribution in [0.3, 0.4) is 0 Å². The van der Waals surface area contributed by atoms with Crippen LogP contribution in [-0.2, 0) is 10.2 Å². The van der Waals surface area contributed by atoms with Crippen LogP contribution in [0.5, 0.6) is 0 Å². The average Bonchev–Trinajstić information content (AvgIpc) is 2.75. The molecule has 0 spiro atoms. The van der Waals surface area contributed by atoms with E-state index in [-0.39, 0.29) is 0 Å². The minimum absolute atomic E-state index is 0.662. The highest BCUT2D eigenvalue weighted by Crippen LogP contribution is 2.43. The summed E-state index contributed by atoms with van der Waals surface area (Å²) in [5.74, 6) is 0. The van der Waals surface area contributed by atoms with Crippen LogP contribution < -0.4 is 14.0 Å². The van der Waals surface area contributed by atoms with E-state index in [1.165, 1.54) is 0 Å². The molecule has 0 saturated carbocycles. The number of rotatable bonds is 6. The van der Waals surface area contributed by atoms with Gasteiger partial charge in [-0.2, -0.15) is 14.0 Å². The van der Waals surface area contributed by atoms with Crippen molar-refractivity contribution in [3.05, 3.63) is 125 Å². The molecule has 1 aliphatic heterocycles. The second kappa shape index (κ2) is 9.10. The van der Waals surface area contributed by atoms with Gasteiger partial charge in [0.15, 0.2) is 0 Å². The highest BCUT2D eigenvalue weighted by atomic mass is 35.7. The third-order valence-electron chi connectivity index (χ3n) is 4.54. The monoisotopic (exact) mass is 438 g/mol. The van der Waals surface area contributed by atoms with Crippen LogP contribution in [0.1, 0.15) is 16.7 Å². The van der Waals surface area contributed by atoms with Crippen LogP contribution >= 0.6 is 10.8 Å². The van der Waals surface area contributed by atoms with E-state index in [1.54, 1.807) is 0 Å². The highest BCUT2D eigenvalue weighted by Gasteiger charge is 2.31. The Morgan fingerprint density at radius 3 is 1.77 bits per heavy atom. The molecule has 0 amide bonds. The molecule has 3 aromatic rings. The van der Waals surface area contributed by atoms with E-state index < -0.39 is 21.0 Å². The third kappa shape index (κ3) is 5.15. The van der Waals surface area contributed by atoms with Gasteiger partial charge in [-0.15, -0.1) is 0 Å². The van der Waals surface area contributed by atoms with E-state index >= 15 is 0 Å². The van der Waals surface area contributed by atoms with E-state index in [9.17, 15) is 14.0 Å². The van der Waals surface area contributed by atoms with Crippen molar-refractivity contribution < 1.29 is 28.0 Å². The summed E-state index contributed by atoms with van der Waals surface area (Å²) in [5, 5.41) is 0. The summed E-state index contributed by atoms with van der Waals surface area (Å²) >= 11 is 0. The lowest BCUT2D eigenvalue weighted by Crippen LogP contribution is -2.60. The fraction of sp³-hybridized carbons (Fsp3) is 0.0417. The zero-order valence-electron chi connectivity index (χ0n) is 15.9. The first-order valence-electron chi connectivity index (χ1n) is 9.29. The Morgan fingerprint density at radius 1 is 0.667 bits per heavy atom. The first-order valence-corrected chi connectivity index (χ1v) is 11.7. The molecule has 1 unspecified atom stereocenters. The molecule has 4 nitrogen and oxygen atoms in total. The number of allylic oxidation sites excluding steroid dienone is 3. The van der Waals surface area contributed by atoms with Gasteiger partial charge in [0.2, 0.25) is 0 Å². The first kappa shape index (κ1) is 20.8. The molecular formula is C24H19ClO4S. The van der Waals surface area contributed by atoms with Gasteiger partial charge < -0.3 is 0 Å². The highest BCUT2D eigenvalue weighted by molar-refractivity contribution is 8.20. The summed E-state index contributed by atoms with van der Waals surface area (Å²) in [7, 11) is -5.99. The minimum Gasteiger partial charge on any atom is -0.182 e. The molecule has 1 aliphatic rings. The Bertz CT molecular complexity index is 1100. The average molecular weight is 439 g/mol. The smallest absolute Gasteiger partial charge is 0.148 e. The minimum atomic E-state index is -4.61. The first-order chi connectivity index (χ1) is 14.5. The second-order valence-electron chi connectivity index (χ2n) is 6.70. The van der Waals surface area contributed by atoms with Gasteiger partial charge in [0.05, 0.1) is 20.0 Å². The van der Waals surface area contributed by atoms with Crippen molar-refractivity contribution in [3.63, 3.8) is 0 Å². The van der Waals surface area contributed by atoms with Crippen molar-refractivity contribution in [1.82, 2.24) is 0 Å². The summed E-state index contributed by atoms with van der Waals surface area (Å²) in [6.07, 6.45) is 4.53. The Hall–Kier alpha value is -2.51. The molecule has 30 heavy (non-hydrogen) atoms. The maximum Gasteiger partial charge on any atom is 0.148 e. The number of benzene rings is 3. The molecule has 152 valence electrons. The van der Waals surface area contributed by atoms with Crippen molar-refractivity contribution in [3.8, 4) is 0 Å². The second-order valence-corrected chi connectivity index (χ2v) is 9.37. The summed E-state index contributed by atoms with van der Waals surface area (Å²) in [6, 6.07) is 28.8. The molecule has 0 aliphatic carbocycles. The van der Waals surface area contributed by atoms with Gasteiger partial charge in [-0.05, 0) is 40.8 Å². The SMILES string of the molecule is [O-][Cl+3]([O-])([O-])OS1=C(c2ccccc2)C=C(Cc2ccccc2)C=C1c1ccccc1. The van der Waals surface area contributed by atoms with Crippen molar-refractivity contribution >= 4 is 20.5 Å². The lowest BCUT2D eigenvalue weighted by atomic mass is 10.0. The molecule has 3 aromatic carbocycles. The Morgan fingerprint density at radius 2 is 1.20 bits per heavy atom. The van der Waals surface area contributed by atoms with Gasteiger partial charge in [0.1, 0.15) is 14.5 Å². The largest absolute Gasteiger partial charge is 0.182 e. The molecule has 0 radical (unpaired) electrons. The van der Waals surface area contributed by atoms with Crippen LogP contribution in [0, 0.1) is 10.2 Å². The van der Waals surface area contributed by atoms with Crippen LogP contribution in [0.15, 0.2) is 109 Å². The van der Waals surface area contributed by atoms with Crippen molar-refractivity contribution in [2.45, 2.75) is 6.42 Å². The van der Waals surface area contributed by atoms with Crippen molar-refractivity contribution in [2.75, 3.05) is 0 Å². The maximum absolute atomic E-state index is 11.6. The molecule has 4 rings (SSSR count). The van der Waals surface area contributed by atoms with E-state index in [2.05, 4.69) is 0 Å². The molecular weight excluding hydrogens is 420 g/mol. The Labute approximate surface area is 180 Å². The summed E-state index contributed by atoms with van der Waals surface area (Å²) in [5.41, 5.74) is 3.77. The van der Waals surface area contributed by atoms with Gasteiger partial charge in [0.25, 0.3) is 0 Å². The van der Waals surface area contributed by atoms with Crippen LogP contribution in [0.2, 0.25) is 0 Å². The molecule has 1 atom stereocenters. The molecule has 6 heteroatoms. The maximum atomic E-state index is 11.6. The zero-order chi connectivity index (χ0) is 21.0. The van der Waals surface area contributed by atoms with Crippen LogP contribution in [0.4, 0.5) is 0 Å². The number of hydrogen-bond acceptors (Lipinski definition) is 4. The predicted molar refractivity (Wildman–Crippen MR) is 112 cm³/mol. The van der Waals surface area contributed by atoms with E-state index in [0.29, 0.717) is 16.2 Å². The fourth-order valence-corrected chi connectivity index (χ4v) is 5.88. The third-order valence-corrected chi connectivity index (χ3v) is 7.17. The summed E-state index contributed by atoms with van der Waals surface area (Å²) < 4.78 is 39.8. The molecule has 0 bridgehead atoms. The lowest BCUT2D eigenvalue weighted by molar-refractivity contribution is -1.91. The zero-order valence-corrected chi connectivity index (χ0v) is 17.5. The molecule has 0 N–H and O–H groups in total. The lowest BCUT2D eigenvalue weighted by Gasteiger charge is -2.22. The fourth-order valence-electron chi connectivity index (χ4n) is 3.27.